The minimum Gasteiger partial charge on any atom is -0.377 e. The van der Waals surface area contributed by atoms with Gasteiger partial charge in [-0.1, -0.05) is 27.7 Å². The van der Waals surface area contributed by atoms with Crippen LogP contribution in [-0.4, -0.2) is 24.7 Å². The first-order chi connectivity index (χ1) is 7.13. The number of nitrogens with zero attached hydrogens (tertiary/aromatic N) is 1. The Bertz CT molecular complexity index is 362. The number of carbonyl (C=O) groups is 1. The second-order valence-electron chi connectivity index (χ2n) is 2.81. The van der Waals surface area contributed by atoms with Gasteiger partial charge in [0.05, 0.1) is 0 Å². The van der Waals surface area contributed by atoms with E-state index in [-0.39, 0.29) is 11.6 Å². The average molecular weight is 275 g/mol. The maximum absolute atomic E-state index is 11.4. The average Bonchev–Trinajstić information content (AvgIpc) is 2.63. The molecule has 0 unspecified atom stereocenters. The highest BCUT2D eigenvalue weighted by atomic mass is 79.9. The van der Waals surface area contributed by atoms with E-state index in [9.17, 15) is 4.79 Å². The van der Waals surface area contributed by atoms with Crippen molar-refractivity contribution in [1.82, 2.24) is 10.5 Å². The Hall–Kier alpha value is -1.14. The number of amides is 1. The maximum Gasteiger partial charge on any atom is 0.273 e. The molecule has 6 heteroatoms. The van der Waals surface area contributed by atoms with Gasteiger partial charge in [-0.3, -0.25) is 4.79 Å². The molecule has 0 aliphatic carbocycles. The van der Waals surface area contributed by atoms with Crippen molar-refractivity contribution in [3.8, 4) is 0 Å². The molecule has 0 radical (unpaired) electrons. The van der Waals surface area contributed by atoms with Gasteiger partial charge in [0.25, 0.3) is 5.91 Å². The maximum atomic E-state index is 11.4. The van der Waals surface area contributed by atoms with Gasteiger partial charge in [-0.05, 0) is 0 Å². The molecule has 0 aromatic carbocycles. The number of carbonyl (C=O) groups excluding carboxylic acids is 1. The molecule has 1 N–H and O–H groups in total. The van der Waals surface area contributed by atoms with Crippen molar-refractivity contribution in [2.45, 2.75) is 6.61 Å². The van der Waals surface area contributed by atoms with Crippen LogP contribution in [-0.2, 0) is 11.3 Å². The number of aromatic nitrogens is 1. The van der Waals surface area contributed by atoms with E-state index >= 15 is 0 Å². The van der Waals surface area contributed by atoms with Gasteiger partial charge in [-0.25, -0.2) is 0 Å². The van der Waals surface area contributed by atoms with Crippen molar-refractivity contribution in [2.75, 3.05) is 13.7 Å². The van der Waals surface area contributed by atoms with Gasteiger partial charge in [-0.2, -0.15) is 0 Å². The van der Waals surface area contributed by atoms with E-state index in [0.29, 0.717) is 23.4 Å². The van der Waals surface area contributed by atoms with E-state index in [4.69, 9.17) is 9.26 Å². The van der Waals surface area contributed by atoms with E-state index in [1.165, 1.54) is 13.2 Å². The predicted molar refractivity (Wildman–Crippen MR) is 57.6 cm³/mol. The molecule has 15 heavy (non-hydrogen) atoms. The highest BCUT2D eigenvalue weighted by Crippen LogP contribution is 2.05. The molecule has 0 spiro atoms. The van der Waals surface area contributed by atoms with E-state index in [0.717, 1.165) is 0 Å². The summed E-state index contributed by atoms with van der Waals surface area (Å²) in [6.07, 6.45) is 0. The first-order valence-electron chi connectivity index (χ1n) is 4.19. The predicted octanol–water partition coefficient (Wildman–Crippen LogP) is 1.46. The van der Waals surface area contributed by atoms with Crippen LogP contribution in [0.1, 0.15) is 16.2 Å². The lowest BCUT2D eigenvalue weighted by Crippen LogP contribution is -2.24. The zero-order valence-electron chi connectivity index (χ0n) is 8.25. The molecule has 1 aromatic rings. The quantitative estimate of drug-likeness (QED) is 0.883. The second-order valence-corrected chi connectivity index (χ2v) is 3.93. The SMILES string of the molecule is C=C(Br)CNC(=O)c1cc(COC)on1. The van der Waals surface area contributed by atoms with E-state index in [1.54, 1.807) is 0 Å². The molecule has 1 aromatic heterocycles. The summed E-state index contributed by atoms with van der Waals surface area (Å²) in [6, 6.07) is 1.54. The van der Waals surface area contributed by atoms with Crippen LogP contribution in [0.2, 0.25) is 0 Å². The zero-order chi connectivity index (χ0) is 11.3. The summed E-state index contributed by atoms with van der Waals surface area (Å²) in [5, 5.41) is 6.21. The van der Waals surface area contributed by atoms with Crippen LogP contribution >= 0.6 is 15.9 Å². The van der Waals surface area contributed by atoms with Gasteiger partial charge in [0, 0.05) is 24.2 Å². The minimum atomic E-state index is -0.304. The topological polar surface area (TPSA) is 64.4 Å². The van der Waals surface area contributed by atoms with Crippen molar-refractivity contribution in [3.63, 3.8) is 0 Å². The Labute approximate surface area is 95.6 Å². The summed E-state index contributed by atoms with van der Waals surface area (Å²) in [4.78, 5) is 11.4. The number of halogens is 1. The van der Waals surface area contributed by atoms with Crippen LogP contribution < -0.4 is 5.32 Å². The second kappa shape index (κ2) is 5.67. The van der Waals surface area contributed by atoms with Crippen molar-refractivity contribution >= 4 is 21.8 Å². The van der Waals surface area contributed by atoms with Gasteiger partial charge in [0.15, 0.2) is 11.5 Å². The normalized spacial score (nSPS) is 10.0. The standard InChI is InChI=1S/C9H11BrN2O3/c1-6(10)4-11-9(13)8-3-7(5-14-2)15-12-8/h3H,1,4-5H2,2H3,(H,11,13). The number of nitrogens with one attached hydrogen (secondary N) is 1. The fraction of sp³-hybridized carbons (Fsp3) is 0.333. The molecule has 0 saturated carbocycles. The smallest absolute Gasteiger partial charge is 0.273 e. The number of rotatable bonds is 5. The third-order valence-corrected chi connectivity index (χ3v) is 1.80. The number of methoxy groups -OCH3 is 1. The lowest BCUT2D eigenvalue weighted by molar-refractivity contribution is 0.0948. The molecule has 1 amide bonds. The number of hydrogen-bond donors (Lipinski definition) is 1. The summed E-state index contributed by atoms with van der Waals surface area (Å²) < 4.78 is 10.4. The lowest BCUT2D eigenvalue weighted by atomic mass is 10.3. The van der Waals surface area contributed by atoms with Gasteiger partial charge in [0.2, 0.25) is 0 Å². The first-order valence-corrected chi connectivity index (χ1v) is 4.98. The van der Waals surface area contributed by atoms with E-state index < -0.39 is 0 Å². The molecule has 0 fully saturated rings. The van der Waals surface area contributed by atoms with Crippen LogP contribution in [0.15, 0.2) is 21.7 Å². The monoisotopic (exact) mass is 274 g/mol. The molecular weight excluding hydrogens is 264 g/mol. The molecule has 5 nitrogen and oxygen atoms in total. The third-order valence-electron chi connectivity index (χ3n) is 1.52. The Morgan fingerprint density at radius 1 is 1.80 bits per heavy atom. The highest BCUT2D eigenvalue weighted by molar-refractivity contribution is 9.11. The summed E-state index contributed by atoms with van der Waals surface area (Å²) in [5.41, 5.74) is 0.232. The van der Waals surface area contributed by atoms with Crippen LogP contribution in [0.5, 0.6) is 0 Å². The highest BCUT2D eigenvalue weighted by Gasteiger charge is 2.11. The molecule has 0 aliphatic rings. The minimum absolute atomic E-state index is 0.232. The summed E-state index contributed by atoms with van der Waals surface area (Å²) in [7, 11) is 1.54. The van der Waals surface area contributed by atoms with Crippen LogP contribution in [0.4, 0.5) is 0 Å². The van der Waals surface area contributed by atoms with Crippen molar-refractivity contribution in [2.24, 2.45) is 0 Å². The number of hydrogen-bond acceptors (Lipinski definition) is 4. The Morgan fingerprint density at radius 2 is 2.53 bits per heavy atom. The van der Waals surface area contributed by atoms with E-state index in [2.05, 4.69) is 33.0 Å². The fourth-order valence-corrected chi connectivity index (χ4v) is 1.04. The molecule has 0 aliphatic heterocycles. The molecule has 1 heterocycles. The molecular formula is C9H11BrN2O3. The Balaban J connectivity index is 2.54. The van der Waals surface area contributed by atoms with E-state index in [1.807, 2.05) is 0 Å². The fourth-order valence-electron chi connectivity index (χ4n) is 0.897. The zero-order valence-corrected chi connectivity index (χ0v) is 9.83. The van der Waals surface area contributed by atoms with Crippen molar-refractivity contribution < 1.29 is 14.1 Å². The van der Waals surface area contributed by atoms with Gasteiger partial charge >= 0.3 is 0 Å². The first kappa shape index (κ1) is 11.9. The summed E-state index contributed by atoms with van der Waals surface area (Å²) in [5.74, 6) is 0.210. The Kier molecular flexibility index (Phi) is 4.51. The van der Waals surface area contributed by atoms with Crippen LogP contribution in [0.3, 0.4) is 0 Å². The van der Waals surface area contributed by atoms with Gasteiger partial charge < -0.3 is 14.6 Å². The largest absolute Gasteiger partial charge is 0.377 e. The number of ether oxygens (including phenoxy) is 1. The van der Waals surface area contributed by atoms with Crippen molar-refractivity contribution in [3.05, 3.63) is 28.6 Å². The molecule has 1 rings (SSSR count). The molecule has 0 atom stereocenters. The Morgan fingerprint density at radius 3 is 3.13 bits per heavy atom. The molecule has 82 valence electrons. The van der Waals surface area contributed by atoms with Crippen LogP contribution in [0.25, 0.3) is 0 Å². The lowest BCUT2D eigenvalue weighted by Gasteiger charge is -1.98. The summed E-state index contributed by atoms with van der Waals surface area (Å²) >= 11 is 3.13. The molecule has 0 saturated heterocycles. The summed E-state index contributed by atoms with van der Waals surface area (Å²) in [6.45, 7) is 4.24. The van der Waals surface area contributed by atoms with Gasteiger partial charge in [0.1, 0.15) is 6.61 Å². The van der Waals surface area contributed by atoms with Crippen molar-refractivity contribution in [1.29, 1.82) is 0 Å². The van der Waals surface area contributed by atoms with Gasteiger partial charge in [-0.15, -0.1) is 0 Å². The van der Waals surface area contributed by atoms with Crippen LogP contribution in [0, 0.1) is 0 Å². The third kappa shape index (κ3) is 3.85. The molecule has 0 bridgehead atoms.